The van der Waals surface area contributed by atoms with Crippen LogP contribution in [0, 0.1) is 0 Å². The minimum Gasteiger partial charge on any atom is -0.491 e. The summed E-state index contributed by atoms with van der Waals surface area (Å²) in [5, 5.41) is 4.52. The van der Waals surface area contributed by atoms with Crippen LogP contribution in [0.4, 0.5) is 0 Å². The Labute approximate surface area is 138 Å². The van der Waals surface area contributed by atoms with E-state index in [0.29, 0.717) is 18.0 Å². The third-order valence-electron chi connectivity index (χ3n) is 3.79. The molecule has 1 aliphatic heterocycles. The molecule has 1 atom stereocenters. The maximum absolute atomic E-state index is 12.5. The maximum Gasteiger partial charge on any atom is 0.261 e. The zero-order valence-electron chi connectivity index (χ0n) is 12.8. The summed E-state index contributed by atoms with van der Waals surface area (Å²) in [6, 6.07) is 11.2. The van der Waals surface area contributed by atoms with Crippen LogP contribution in [0.1, 0.15) is 22.2 Å². The van der Waals surface area contributed by atoms with Gasteiger partial charge in [0.05, 0.1) is 17.5 Å². The number of fused-ring (bicyclic) bond motifs is 1. The number of nitrogens with zero attached hydrogens (tertiary/aromatic N) is 1. The van der Waals surface area contributed by atoms with E-state index in [2.05, 4.69) is 5.32 Å². The normalized spacial score (nSPS) is 16.9. The predicted molar refractivity (Wildman–Crippen MR) is 88.6 cm³/mol. The number of para-hydroxylation sites is 1. The van der Waals surface area contributed by atoms with Crippen LogP contribution < -0.4 is 10.1 Å². The summed E-state index contributed by atoms with van der Waals surface area (Å²) in [5.74, 6) is 0.493. The van der Waals surface area contributed by atoms with Gasteiger partial charge in [0.25, 0.3) is 5.91 Å². The van der Waals surface area contributed by atoms with Crippen LogP contribution in [-0.4, -0.2) is 35.9 Å². The van der Waals surface area contributed by atoms with Gasteiger partial charge in [-0.2, -0.15) is 0 Å². The first-order valence-electron chi connectivity index (χ1n) is 7.47. The summed E-state index contributed by atoms with van der Waals surface area (Å²) >= 11 is 1.36. The highest BCUT2D eigenvalue weighted by molar-refractivity contribution is 7.12. The average molecular weight is 330 g/mol. The van der Waals surface area contributed by atoms with Gasteiger partial charge in [-0.1, -0.05) is 24.3 Å². The highest BCUT2D eigenvalue weighted by Gasteiger charge is 2.25. The number of thiophene rings is 1. The fourth-order valence-corrected chi connectivity index (χ4v) is 3.14. The summed E-state index contributed by atoms with van der Waals surface area (Å²) < 4.78 is 5.75. The van der Waals surface area contributed by atoms with E-state index in [9.17, 15) is 9.59 Å². The molecule has 0 saturated carbocycles. The monoisotopic (exact) mass is 330 g/mol. The number of amides is 2. The lowest BCUT2D eigenvalue weighted by molar-refractivity contribution is -0.133. The number of nitrogens with one attached hydrogen (secondary N) is 1. The Bertz CT molecular complexity index is 700. The Balaban J connectivity index is 1.65. The van der Waals surface area contributed by atoms with Gasteiger partial charge in [0.2, 0.25) is 5.91 Å². The first-order chi connectivity index (χ1) is 11.1. The Morgan fingerprint density at radius 3 is 2.91 bits per heavy atom. The van der Waals surface area contributed by atoms with Crippen molar-refractivity contribution < 1.29 is 14.3 Å². The van der Waals surface area contributed by atoms with Crippen molar-refractivity contribution in [2.45, 2.75) is 19.5 Å². The molecule has 0 spiro atoms. The fourth-order valence-electron chi connectivity index (χ4n) is 2.50. The SMILES string of the molecule is CC1COc2ccccc2CN1C(=O)CNC(=O)c1cccs1. The molecule has 23 heavy (non-hydrogen) atoms. The fraction of sp³-hybridized carbons (Fsp3) is 0.294. The smallest absolute Gasteiger partial charge is 0.261 e. The molecule has 2 heterocycles. The van der Waals surface area contributed by atoms with Crippen LogP contribution in [0.3, 0.4) is 0 Å². The van der Waals surface area contributed by atoms with Crippen LogP contribution in [0.2, 0.25) is 0 Å². The number of carbonyl (C=O) groups excluding carboxylic acids is 2. The number of ether oxygens (including phenoxy) is 1. The summed E-state index contributed by atoms with van der Waals surface area (Å²) in [5.41, 5.74) is 0.981. The van der Waals surface area contributed by atoms with Crippen molar-refractivity contribution in [1.82, 2.24) is 10.2 Å². The molecular formula is C17H18N2O3S. The zero-order chi connectivity index (χ0) is 16.2. The molecule has 2 amide bonds. The van der Waals surface area contributed by atoms with Crippen molar-refractivity contribution in [2.75, 3.05) is 13.2 Å². The molecule has 0 aliphatic carbocycles. The molecule has 2 aromatic rings. The van der Waals surface area contributed by atoms with Crippen molar-refractivity contribution in [3.8, 4) is 5.75 Å². The van der Waals surface area contributed by atoms with E-state index in [-0.39, 0.29) is 24.4 Å². The Hall–Kier alpha value is -2.34. The van der Waals surface area contributed by atoms with E-state index in [0.717, 1.165) is 11.3 Å². The Morgan fingerprint density at radius 1 is 1.30 bits per heavy atom. The Morgan fingerprint density at radius 2 is 2.13 bits per heavy atom. The van der Waals surface area contributed by atoms with Gasteiger partial charge in [-0.25, -0.2) is 0 Å². The van der Waals surface area contributed by atoms with E-state index in [4.69, 9.17) is 4.74 Å². The van der Waals surface area contributed by atoms with Gasteiger partial charge in [-0.05, 0) is 24.4 Å². The van der Waals surface area contributed by atoms with E-state index in [1.165, 1.54) is 11.3 Å². The minimum atomic E-state index is -0.215. The van der Waals surface area contributed by atoms with Crippen LogP contribution in [0.5, 0.6) is 5.75 Å². The molecule has 1 aliphatic rings. The van der Waals surface area contributed by atoms with Crippen molar-refractivity contribution >= 4 is 23.2 Å². The molecule has 5 nitrogen and oxygen atoms in total. The van der Waals surface area contributed by atoms with E-state index < -0.39 is 0 Å². The lowest BCUT2D eigenvalue weighted by Gasteiger charge is -2.26. The summed E-state index contributed by atoms with van der Waals surface area (Å²) in [6.07, 6.45) is 0. The second-order valence-electron chi connectivity index (χ2n) is 5.45. The Kier molecular flexibility index (Phi) is 4.62. The molecule has 1 aromatic carbocycles. The standard InChI is InChI=1S/C17H18N2O3S/c1-12-11-22-14-6-3-2-5-13(14)10-19(12)16(20)9-18-17(21)15-7-4-8-23-15/h2-8,12H,9-11H2,1H3,(H,18,21). The van der Waals surface area contributed by atoms with Crippen LogP contribution in [-0.2, 0) is 11.3 Å². The van der Waals surface area contributed by atoms with Gasteiger partial charge >= 0.3 is 0 Å². The molecule has 1 unspecified atom stereocenters. The van der Waals surface area contributed by atoms with Crippen molar-refractivity contribution in [3.05, 3.63) is 52.2 Å². The molecular weight excluding hydrogens is 312 g/mol. The molecule has 3 rings (SSSR count). The average Bonchev–Trinajstić information content (AvgIpc) is 3.05. The van der Waals surface area contributed by atoms with E-state index in [1.807, 2.05) is 42.6 Å². The van der Waals surface area contributed by atoms with Gasteiger partial charge in [0.1, 0.15) is 12.4 Å². The number of carbonyl (C=O) groups is 2. The number of hydrogen-bond acceptors (Lipinski definition) is 4. The number of benzene rings is 1. The quantitative estimate of drug-likeness (QED) is 0.939. The third kappa shape index (κ3) is 3.53. The molecule has 0 saturated heterocycles. The third-order valence-corrected chi connectivity index (χ3v) is 4.66. The first kappa shape index (κ1) is 15.6. The largest absolute Gasteiger partial charge is 0.491 e. The molecule has 0 radical (unpaired) electrons. The maximum atomic E-state index is 12.5. The number of rotatable bonds is 3. The molecule has 1 aromatic heterocycles. The van der Waals surface area contributed by atoms with Crippen molar-refractivity contribution in [2.24, 2.45) is 0 Å². The van der Waals surface area contributed by atoms with Gasteiger partial charge in [0, 0.05) is 12.1 Å². The lowest BCUT2D eigenvalue weighted by Crippen LogP contribution is -2.45. The lowest BCUT2D eigenvalue weighted by atomic mass is 10.2. The first-order valence-corrected chi connectivity index (χ1v) is 8.35. The second-order valence-corrected chi connectivity index (χ2v) is 6.40. The summed E-state index contributed by atoms with van der Waals surface area (Å²) in [4.78, 5) is 26.8. The van der Waals surface area contributed by atoms with Crippen molar-refractivity contribution in [1.29, 1.82) is 0 Å². The van der Waals surface area contributed by atoms with Crippen LogP contribution in [0.25, 0.3) is 0 Å². The van der Waals surface area contributed by atoms with Crippen molar-refractivity contribution in [3.63, 3.8) is 0 Å². The second kappa shape index (κ2) is 6.83. The van der Waals surface area contributed by atoms with E-state index in [1.54, 1.807) is 11.0 Å². The van der Waals surface area contributed by atoms with Crippen LogP contribution >= 0.6 is 11.3 Å². The van der Waals surface area contributed by atoms with Crippen LogP contribution in [0.15, 0.2) is 41.8 Å². The molecule has 1 N–H and O–H groups in total. The topological polar surface area (TPSA) is 58.6 Å². The minimum absolute atomic E-state index is 0.0107. The highest BCUT2D eigenvalue weighted by Crippen LogP contribution is 2.24. The highest BCUT2D eigenvalue weighted by atomic mass is 32.1. The molecule has 120 valence electrons. The predicted octanol–water partition coefficient (Wildman–Crippen LogP) is 2.29. The zero-order valence-corrected chi connectivity index (χ0v) is 13.6. The molecule has 6 heteroatoms. The number of hydrogen-bond donors (Lipinski definition) is 1. The summed E-state index contributed by atoms with van der Waals surface area (Å²) in [7, 11) is 0. The van der Waals surface area contributed by atoms with Gasteiger partial charge < -0.3 is 15.0 Å². The van der Waals surface area contributed by atoms with Gasteiger partial charge in [0.15, 0.2) is 0 Å². The van der Waals surface area contributed by atoms with Gasteiger partial charge in [-0.15, -0.1) is 11.3 Å². The molecule has 0 bridgehead atoms. The van der Waals surface area contributed by atoms with E-state index >= 15 is 0 Å². The summed E-state index contributed by atoms with van der Waals surface area (Å²) in [6.45, 7) is 2.88. The van der Waals surface area contributed by atoms with Gasteiger partial charge in [-0.3, -0.25) is 9.59 Å². The molecule has 0 fully saturated rings.